The molecule has 2 rings (SSSR count). The van der Waals surface area contributed by atoms with Crippen molar-refractivity contribution in [1.29, 1.82) is 0 Å². The van der Waals surface area contributed by atoms with Crippen LogP contribution < -0.4 is 21.1 Å². The largest absolute Gasteiger partial charge is 0.380 e. The molecule has 100 valence electrons. The summed E-state index contributed by atoms with van der Waals surface area (Å²) in [4.78, 5) is 42.6. The van der Waals surface area contributed by atoms with Crippen LogP contribution in [0.2, 0.25) is 0 Å². The van der Waals surface area contributed by atoms with Gasteiger partial charge in [0.15, 0.2) is 0 Å². The summed E-state index contributed by atoms with van der Waals surface area (Å²) in [5.74, 6) is 0. The summed E-state index contributed by atoms with van der Waals surface area (Å²) >= 11 is 0. The minimum absolute atomic E-state index is 0.0732. The van der Waals surface area contributed by atoms with Gasteiger partial charge in [0.2, 0.25) is 0 Å². The van der Waals surface area contributed by atoms with E-state index in [1.165, 1.54) is 6.92 Å². The number of fused-ring (bicyclic) bond motifs is 1. The van der Waals surface area contributed by atoms with Crippen molar-refractivity contribution in [1.82, 2.24) is 0 Å². The summed E-state index contributed by atoms with van der Waals surface area (Å²) in [6, 6.07) is 0. The molecule has 1 aliphatic heterocycles. The van der Waals surface area contributed by atoms with Gasteiger partial charge in [0.1, 0.15) is 11.4 Å². The minimum Gasteiger partial charge on any atom is -0.380 e. The van der Waals surface area contributed by atoms with Gasteiger partial charge >= 0.3 is 7.60 Å². The van der Waals surface area contributed by atoms with Gasteiger partial charge in [0.25, 0.3) is 10.9 Å². The van der Waals surface area contributed by atoms with Gasteiger partial charge in [0, 0.05) is 19.6 Å². The lowest BCUT2D eigenvalue weighted by molar-refractivity contribution is 0.360. The summed E-state index contributed by atoms with van der Waals surface area (Å²) in [6.45, 7) is 2.60. The van der Waals surface area contributed by atoms with Crippen LogP contribution in [-0.4, -0.2) is 35.1 Å². The van der Waals surface area contributed by atoms with Crippen molar-refractivity contribution >= 4 is 19.0 Å². The predicted molar refractivity (Wildman–Crippen MR) is 68.2 cm³/mol. The smallest absolute Gasteiger partial charge is 0.330 e. The average Bonchev–Trinajstić information content (AvgIpc) is 2.47. The number of anilines is 2. The number of nitrogens with zero attached hydrogens (tertiary/aromatic N) is 1. The van der Waals surface area contributed by atoms with Crippen LogP contribution in [0.15, 0.2) is 9.59 Å². The van der Waals surface area contributed by atoms with Gasteiger partial charge in [-0.3, -0.25) is 14.2 Å². The van der Waals surface area contributed by atoms with E-state index in [0.29, 0.717) is 19.5 Å². The monoisotopic (exact) mass is 274 g/mol. The summed E-state index contributed by atoms with van der Waals surface area (Å²) in [6.07, 6.45) is 0.710. The standard InChI is InChI=1S/C10H15N2O5P/c1-6(18(15,16)17)5-12-4-2-3-11-7-8(12)10(14)9(7)13/h6,11H,2-5H2,1H3,(H2,15,16,17). The molecule has 1 aromatic rings. The second kappa shape index (κ2) is 4.50. The van der Waals surface area contributed by atoms with Crippen LogP contribution >= 0.6 is 7.60 Å². The molecule has 0 bridgehead atoms. The van der Waals surface area contributed by atoms with Crippen LogP contribution in [0.4, 0.5) is 11.4 Å². The fourth-order valence-corrected chi connectivity index (χ4v) is 2.46. The molecule has 0 fully saturated rings. The molecule has 8 heteroatoms. The molecule has 1 aliphatic rings. The number of nitrogens with one attached hydrogen (secondary N) is 1. The highest BCUT2D eigenvalue weighted by Crippen LogP contribution is 2.41. The molecule has 0 spiro atoms. The first-order chi connectivity index (χ1) is 8.32. The van der Waals surface area contributed by atoms with Crippen molar-refractivity contribution in [3.05, 3.63) is 20.4 Å². The van der Waals surface area contributed by atoms with Crippen LogP contribution in [0.5, 0.6) is 0 Å². The molecule has 7 nitrogen and oxygen atoms in total. The van der Waals surface area contributed by atoms with Crippen molar-refractivity contribution in [3.63, 3.8) is 0 Å². The molecule has 1 aromatic carbocycles. The zero-order valence-electron chi connectivity index (χ0n) is 9.92. The molecule has 1 heterocycles. The lowest BCUT2D eigenvalue weighted by Crippen LogP contribution is -2.43. The first-order valence-electron chi connectivity index (χ1n) is 5.69. The van der Waals surface area contributed by atoms with Crippen LogP contribution in [0.3, 0.4) is 0 Å². The minimum atomic E-state index is -4.18. The zero-order valence-corrected chi connectivity index (χ0v) is 10.8. The molecular formula is C10H15N2O5P. The Bertz CT molecular complexity index is 571. The van der Waals surface area contributed by atoms with Crippen LogP contribution in [0, 0.1) is 0 Å². The van der Waals surface area contributed by atoms with E-state index in [0.717, 1.165) is 0 Å². The predicted octanol–water partition coefficient (Wildman–Crippen LogP) is -0.529. The van der Waals surface area contributed by atoms with Gasteiger partial charge in [-0.1, -0.05) is 0 Å². The molecule has 0 aliphatic carbocycles. The maximum atomic E-state index is 11.5. The Morgan fingerprint density at radius 2 is 2.06 bits per heavy atom. The van der Waals surface area contributed by atoms with Gasteiger partial charge in [-0.25, -0.2) is 0 Å². The molecule has 0 amide bonds. The summed E-state index contributed by atoms with van der Waals surface area (Å²) in [5, 5.41) is 2.88. The first kappa shape index (κ1) is 13.3. The van der Waals surface area contributed by atoms with Crippen molar-refractivity contribution < 1.29 is 14.4 Å². The van der Waals surface area contributed by atoms with E-state index >= 15 is 0 Å². The van der Waals surface area contributed by atoms with E-state index in [2.05, 4.69) is 5.32 Å². The van der Waals surface area contributed by atoms with Gasteiger partial charge < -0.3 is 20.0 Å². The number of hydrogen-bond acceptors (Lipinski definition) is 5. The van der Waals surface area contributed by atoms with Crippen molar-refractivity contribution in [2.24, 2.45) is 0 Å². The Balaban J connectivity index is 2.25. The highest BCUT2D eigenvalue weighted by molar-refractivity contribution is 7.52. The number of hydrogen-bond donors (Lipinski definition) is 3. The van der Waals surface area contributed by atoms with Crippen molar-refractivity contribution in [2.75, 3.05) is 29.9 Å². The van der Waals surface area contributed by atoms with E-state index in [1.54, 1.807) is 4.90 Å². The normalized spacial score (nSPS) is 18.1. The zero-order chi connectivity index (χ0) is 13.5. The van der Waals surface area contributed by atoms with Crippen molar-refractivity contribution in [2.45, 2.75) is 19.0 Å². The Kier molecular flexibility index (Phi) is 3.31. The topological polar surface area (TPSA) is 107 Å². The second-order valence-electron chi connectivity index (χ2n) is 4.55. The maximum absolute atomic E-state index is 11.5. The Hall–Kier alpha value is -1.17. The molecule has 1 unspecified atom stereocenters. The SMILES string of the molecule is CC(CN1CCCNc2c1c(=O)c2=O)P(=O)(O)O. The average molecular weight is 274 g/mol. The fourth-order valence-electron chi connectivity index (χ4n) is 2.05. The third-order valence-electron chi connectivity index (χ3n) is 3.17. The van der Waals surface area contributed by atoms with Gasteiger partial charge in [-0.15, -0.1) is 0 Å². The van der Waals surface area contributed by atoms with Crippen LogP contribution in [0.1, 0.15) is 13.3 Å². The lowest BCUT2D eigenvalue weighted by atomic mass is 10.1. The van der Waals surface area contributed by atoms with Gasteiger partial charge in [-0.2, -0.15) is 0 Å². The molecule has 1 atom stereocenters. The molecule has 0 saturated heterocycles. The molecule has 0 saturated carbocycles. The van der Waals surface area contributed by atoms with E-state index in [1.807, 2.05) is 0 Å². The summed E-state index contributed by atoms with van der Waals surface area (Å²) in [7, 11) is -4.18. The highest BCUT2D eigenvalue weighted by atomic mass is 31.2. The third-order valence-corrected chi connectivity index (χ3v) is 4.48. The van der Waals surface area contributed by atoms with Gasteiger partial charge in [-0.05, 0) is 13.3 Å². The molecule has 0 radical (unpaired) electrons. The van der Waals surface area contributed by atoms with Crippen LogP contribution in [-0.2, 0) is 4.57 Å². The molecular weight excluding hydrogens is 259 g/mol. The van der Waals surface area contributed by atoms with Crippen molar-refractivity contribution in [3.8, 4) is 0 Å². The lowest BCUT2D eigenvalue weighted by Gasteiger charge is -2.27. The Morgan fingerprint density at radius 1 is 1.39 bits per heavy atom. The van der Waals surface area contributed by atoms with E-state index in [9.17, 15) is 14.2 Å². The van der Waals surface area contributed by atoms with E-state index in [-0.39, 0.29) is 17.9 Å². The highest BCUT2D eigenvalue weighted by Gasteiger charge is 2.32. The van der Waals surface area contributed by atoms with Gasteiger partial charge in [0.05, 0.1) is 5.66 Å². The van der Waals surface area contributed by atoms with E-state index < -0.39 is 24.1 Å². The van der Waals surface area contributed by atoms with E-state index in [4.69, 9.17) is 9.79 Å². The second-order valence-corrected chi connectivity index (χ2v) is 6.61. The first-order valence-corrected chi connectivity index (χ1v) is 7.38. The maximum Gasteiger partial charge on any atom is 0.330 e. The molecule has 3 N–H and O–H groups in total. The fraction of sp³-hybridized carbons (Fsp3) is 0.600. The Labute approximate surface area is 103 Å². The number of rotatable bonds is 3. The third kappa shape index (κ3) is 2.21. The molecule has 0 aromatic heterocycles. The quantitative estimate of drug-likeness (QED) is 0.502. The molecule has 18 heavy (non-hydrogen) atoms. The van der Waals surface area contributed by atoms with Crippen LogP contribution in [0.25, 0.3) is 0 Å². The summed E-state index contributed by atoms with van der Waals surface area (Å²) < 4.78 is 11.1. The Morgan fingerprint density at radius 3 is 2.67 bits per heavy atom. The summed E-state index contributed by atoms with van der Waals surface area (Å²) in [5.41, 5.74) is -1.42.